The predicted molar refractivity (Wildman–Crippen MR) is 105 cm³/mol. The lowest BCUT2D eigenvalue weighted by Gasteiger charge is -1.94. The number of hydrogen-bond donors (Lipinski definition) is 0. The van der Waals surface area contributed by atoms with Gasteiger partial charge in [-0.1, -0.05) is 0 Å². The summed E-state index contributed by atoms with van der Waals surface area (Å²) in [5, 5.41) is 23.6. The number of aromatic nitrogens is 2. The average Bonchev–Trinajstić information content (AvgIpc) is 3.22. The molecule has 4 rings (SSSR count). The maximum absolute atomic E-state index is 10.9. The average molecular weight is 400 g/mol. The van der Waals surface area contributed by atoms with Crippen LogP contribution in [0.5, 0.6) is 0 Å². The molecule has 0 atom stereocenters. The molecule has 0 bridgehead atoms. The molecule has 8 nitrogen and oxygen atoms in total. The first-order valence-electron chi connectivity index (χ1n) is 8.07. The van der Waals surface area contributed by atoms with E-state index in [1.165, 1.54) is 46.9 Å². The Kier molecular flexibility index (Phi) is 4.50. The minimum Gasteiger partial charge on any atom is -0.258 e. The minimum absolute atomic E-state index is 0.0444. The quantitative estimate of drug-likeness (QED) is 0.336. The van der Waals surface area contributed by atoms with Gasteiger partial charge >= 0.3 is 0 Å². The summed E-state index contributed by atoms with van der Waals surface area (Å²) >= 11 is 3.07. The van der Waals surface area contributed by atoms with Crippen LogP contribution in [-0.4, -0.2) is 19.8 Å². The monoisotopic (exact) mass is 400 g/mol. The molecule has 2 heterocycles. The lowest BCUT2D eigenvalue weighted by Crippen LogP contribution is -1.89. The highest BCUT2D eigenvalue weighted by molar-refractivity contribution is 7.18. The van der Waals surface area contributed by atoms with Crippen LogP contribution in [0.4, 0.5) is 11.4 Å². The van der Waals surface area contributed by atoms with E-state index >= 15 is 0 Å². The van der Waals surface area contributed by atoms with Crippen molar-refractivity contribution >= 4 is 54.5 Å². The molecule has 2 aromatic heterocycles. The molecule has 0 spiro atoms. The maximum Gasteiger partial charge on any atom is 0.271 e. The number of aryl methyl sites for hydroxylation is 2. The molecule has 0 N–H and O–H groups in total. The Morgan fingerprint density at radius 2 is 1.22 bits per heavy atom. The van der Waals surface area contributed by atoms with Gasteiger partial charge in [0.15, 0.2) is 0 Å². The Morgan fingerprint density at radius 3 is 1.63 bits per heavy atom. The summed E-state index contributed by atoms with van der Waals surface area (Å²) in [6, 6.07) is 9.44. The highest BCUT2D eigenvalue weighted by Gasteiger charge is 2.12. The lowest BCUT2D eigenvalue weighted by molar-refractivity contribution is -0.384. The number of hydrogen-bond acceptors (Lipinski definition) is 8. The molecule has 0 fully saturated rings. The van der Waals surface area contributed by atoms with Gasteiger partial charge in [0, 0.05) is 24.3 Å². The van der Waals surface area contributed by atoms with E-state index < -0.39 is 9.85 Å². The van der Waals surface area contributed by atoms with Gasteiger partial charge < -0.3 is 0 Å². The fourth-order valence-corrected chi connectivity index (χ4v) is 4.74. The first-order valence-corrected chi connectivity index (χ1v) is 9.70. The molecule has 10 heteroatoms. The standard InChI is InChI=1S/C17H12N4O4S2/c22-20(23)10-4-6-14-12(8-10)18-16(26-14)2-1-3-17-19-13-9-11(21(24)25)5-7-15(13)27-17/h4-9H,1-3H2. The normalized spacial score (nSPS) is 11.3. The van der Waals surface area contributed by atoms with Crippen molar-refractivity contribution in [1.29, 1.82) is 0 Å². The molecule has 27 heavy (non-hydrogen) atoms. The highest BCUT2D eigenvalue weighted by Crippen LogP contribution is 2.29. The Bertz CT molecular complexity index is 1090. The van der Waals surface area contributed by atoms with Gasteiger partial charge in [0.25, 0.3) is 11.4 Å². The van der Waals surface area contributed by atoms with Crippen LogP contribution < -0.4 is 0 Å². The lowest BCUT2D eigenvalue weighted by atomic mass is 10.2. The molecular formula is C17H12N4O4S2. The van der Waals surface area contributed by atoms with E-state index in [4.69, 9.17) is 0 Å². The van der Waals surface area contributed by atoms with Crippen molar-refractivity contribution in [3.05, 3.63) is 66.6 Å². The Hall–Kier alpha value is -2.98. The molecule has 0 amide bonds. The zero-order chi connectivity index (χ0) is 19.0. The van der Waals surface area contributed by atoms with Crippen LogP contribution in [0.15, 0.2) is 36.4 Å². The van der Waals surface area contributed by atoms with E-state index in [2.05, 4.69) is 9.97 Å². The molecular weight excluding hydrogens is 388 g/mol. The highest BCUT2D eigenvalue weighted by atomic mass is 32.1. The first-order chi connectivity index (χ1) is 13.0. The van der Waals surface area contributed by atoms with E-state index in [9.17, 15) is 20.2 Å². The number of benzene rings is 2. The molecule has 0 unspecified atom stereocenters. The number of thiazole rings is 2. The molecule has 4 aromatic rings. The number of nitro groups is 2. The third-order valence-electron chi connectivity index (χ3n) is 4.03. The van der Waals surface area contributed by atoms with Crippen LogP contribution in [0.3, 0.4) is 0 Å². The van der Waals surface area contributed by atoms with Crippen molar-refractivity contribution in [3.8, 4) is 0 Å². The number of fused-ring (bicyclic) bond motifs is 2. The van der Waals surface area contributed by atoms with Gasteiger partial charge in [-0.25, -0.2) is 9.97 Å². The molecule has 0 aliphatic heterocycles. The summed E-state index contributed by atoms with van der Waals surface area (Å²) in [5.41, 5.74) is 1.39. The second kappa shape index (κ2) is 6.97. The van der Waals surface area contributed by atoms with E-state index in [1.807, 2.05) is 0 Å². The van der Waals surface area contributed by atoms with Crippen molar-refractivity contribution in [1.82, 2.24) is 9.97 Å². The molecule has 0 aliphatic carbocycles. The van der Waals surface area contributed by atoms with Crippen molar-refractivity contribution in [2.75, 3.05) is 0 Å². The van der Waals surface area contributed by atoms with Gasteiger partial charge in [-0.15, -0.1) is 22.7 Å². The topological polar surface area (TPSA) is 112 Å². The fraction of sp³-hybridized carbons (Fsp3) is 0.176. The van der Waals surface area contributed by atoms with Crippen molar-refractivity contribution in [2.45, 2.75) is 19.3 Å². The van der Waals surface area contributed by atoms with Gasteiger partial charge in [0.05, 0.1) is 40.3 Å². The number of rotatable bonds is 6. The molecule has 2 aromatic carbocycles. The van der Waals surface area contributed by atoms with Crippen LogP contribution >= 0.6 is 22.7 Å². The first kappa shape index (κ1) is 17.4. The zero-order valence-electron chi connectivity index (χ0n) is 13.8. The molecule has 0 aliphatic rings. The largest absolute Gasteiger partial charge is 0.271 e. The molecule has 0 saturated heterocycles. The Morgan fingerprint density at radius 1 is 0.778 bits per heavy atom. The summed E-state index contributed by atoms with van der Waals surface area (Å²) in [5.74, 6) is 0. The second-order valence-electron chi connectivity index (χ2n) is 5.89. The zero-order valence-corrected chi connectivity index (χ0v) is 15.5. The summed E-state index contributed by atoms with van der Waals surface area (Å²) in [6.45, 7) is 0. The molecule has 136 valence electrons. The minimum atomic E-state index is -0.421. The van der Waals surface area contributed by atoms with E-state index in [1.54, 1.807) is 12.1 Å². The van der Waals surface area contributed by atoms with E-state index in [0.717, 1.165) is 38.7 Å². The molecule has 0 saturated carbocycles. The van der Waals surface area contributed by atoms with E-state index in [-0.39, 0.29) is 11.4 Å². The maximum atomic E-state index is 10.9. The van der Waals surface area contributed by atoms with E-state index in [0.29, 0.717) is 11.0 Å². The Balaban J connectivity index is 1.44. The van der Waals surface area contributed by atoms with Gasteiger partial charge in [-0.2, -0.15) is 0 Å². The Labute approximate surface area is 160 Å². The van der Waals surface area contributed by atoms with Crippen LogP contribution in [0.25, 0.3) is 20.4 Å². The number of nitrogens with zero attached hydrogens (tertiary/aromatic N) is 4. The second-order valence-corrected chi connectivity index (χ2v) is 8.12. The molecule has 0 radical (unpaired) electrons. The van der Waals surface area contributed by atoms with Crippen LogP contribution in [0, 0.1) is 20.2 Å². The SMILES string of the molecule is O=[N+]([O-])c1ccc2sc(CCCc3nc4cc([N+](=O)[O-])ccc4s3)nc2c1. The third-order valence-corrected chi connectivity index (χ3v) is 6.23. The predicted octanol–water partition coefficient (Wildman–Crippen LogP) is 4.90. The van der Waals surface area contributed by atoms with Crippen molar-refractivity contribution < 1.29 is 9.85 Å². The summed E-state index contributed by atoms with van der Waals surface area (Å²) < 4.78 is 1.87. The van der Waals surface area contributed by atoms with Crippen molar-refractivity contribution in [2.24, 2.45) is 0 Å². The van der Waals surface area contributed by atoms with Gasteiger partial charge in [0.2, 0.25) is 0 Å². The van der Waals surface area contributed by atoms with Crippen LogP contribution in [0.2, 0.25) is 0 Å². The fourth-order valence-electron chi connectivity index (χ4n) is 2.76. The van der Waals surface area contributed by atoms with Crippen molar-refractivity contribution in [3.63, 3.8) is 0 Å². The summed E-state index contributed by atoms with van der Waals surface area (Å²) in [4.78, 5) is 29.8. The van der Waals surface area contributed by atoms with Gasteiger partial charge in [-0.05, 0) is 31.4 Å². The van der Waals surface area contributed by atoms with Gasteiger partial charge in [-0.3, -0.25) is 20.2 Å². The summed E-state index contributed by atoms with van der Waals surface area (Å²) in [7, 11) is 0. The van der Waals surface area contributed by atoms with Crippen LogP contribution in [0.1, 0.15) is 16.4 Å². The third kappa shape index (κ3) is 3.62. The number of non-ortho nitro benzene ring substituents is 2. The van der Waals surface area contributed by atoms with Gasteiger partial charge in [0.1, 0.15) is 0 Å². The number of nitro benzene ring substituents is 2. The summed E-state index contributed by atoms with van der Waals surface area (Å²) in [6.07, 6.45) is 2.34. The smallest absolute Gasteiger partial charge is 0.258 e. The van der Waals surface area contributed by atoms with Crippen LogP contribution in [-0.2, 0) is 12.8 Å².